The minimum absolute atomic E-state index is 0. The number of carbonyl (C=O) groups is 2. The number of carbonyl (C=O) groups excluding carboxylic acids is 2. The van der Waals surface area contributed by atoms with Crippen molar-refractivity contribution in [3.8, 4) is 5.75 Å². The second-order valence-electron chi connectivity index (χ2n) is 7.99. The predicted molar refractivity (Wildman–Crippen MR) is 121 cm³/mol. The molecule has 0 bridgehead atoms. The smallest absolute Gasteiger partial charge is 0.871 e. The minimum Gasteiger partial charge on any atom is -0.871 e. The molecule has 1 aromatic heterocycles. The van der Waals surface area contributed by atoms with Gasteiger partial charge in [-0.05, 0) is 48.1 Å². The Morgan fingerprint density at radius 3 is 2.29 bits per heavy atom. The fourth-order valence-electron chi connectivity index (χ4n) is 3.71. The number of amides is 2. The third-order valence-electron chi connectivity index (χ3n) is 5.52. The van der Waals surface area contributed by atoms with Crippen molar-refractivity contribution in [2.45, 2.75) is 32.7 Å². The molecule has 172 valence electrons. The number of hydrogen-bond acceptors (Lipinski definition) is 5. The fraction of sp³-hybridized carbons (Fsp3) is 0.240. The van der Waals surface area contributed by atoms with Gasteiger partial charge in [-0.25, -0.2) is 4.79 Å². The Balaban J connectivity index is 0.00000306. The van der Waals surface area contributed by atoms with Crippen LogP contribution in [0.5, 0.6) is 5.75 Å². The molecule has 0 radical (unpaired) electrons. The van der Waals surface area contributed by atoms with Crippen molar-refractivity contribution < 1.29 is 78.9 Å². The Bertz CT molecular complexity index is 1240. The largest absolute Gasteiger partial charge is 1.00 e. The first-order chi connectivity index (χ1) is 15.7. The molecule has 0 saturated carbocycles. The number of benzene rings is 2. The minimum atomic E-state index is -1.35. The second-order valence-corrected chi connectivity index (χ2v) is 7.99. The summed E-state index contributed by atoms with van der Waals surface area (Å²) in [6, 6.07) is 12.7. The summed E-state index contributed by atoms with van der Waals surface area (Å²) in [5, 5.41) is 28.1. The van der Waals surface area contributed by atoms with Crippen LogP contribution in [0.2, 0.25) is 0 Å². The van der Waals surface area contributed by atoms with Gasteiger partial charge in [0.15, 0.2) is 0 Å². The molecule has 0 spiro atoms. The van der Waals surface area contributed by atoms with E-state index in [1.54, 1.807) is 12.1 Å². The van der Waals surface area contributed by atoms with Gasteiger partial charge >= 0.3 is 65.1 Å². The summed E-state index contributed by atoms with van der Waals surface area (Å²) < 4.78 is 1.16. The molecule has 0 saturated heterocycles. The summed E-state index contributed by atoms with van der Waals surface area (Å²) in [5.41, 5.74) is 3.94. The number of nitrogens with one attached hydrogen (secondary N) is 2. The number of aliphatic carboxylic acids is 1. The van der Waals surface area contributed by atoms with E-state index in [4.69, 9.17) is 0 Å². The molecule has 0 unspecified atom stereocenters. The van der Waals surface area contributed by atoms with Crippen LogP contribution in [-0.4, -0.2) is 16.6 Å². The number of carboxylic acid groups (broad SMARTS) is 1. The maximum Gasteiger partial charge on any atom is 1.00 e. The van der Waals surface area contributed by atoms with Gasteiger partial charge in [-0.15, -0.1) is 0 Å². The number of anilines is 1. The number of pyridine rings is 1. The van der Waals surface area contributed by atoms with Gasteiger partial charge in [-0.3, -0.25) is 4.79 Å². The summed E-state index contributed by atoms with van der Waals surface area (Å²) in [6.45, 7) is 4.07. The van der Waals surface area contributed by atoms with Crippen molar-refractivity contribution in [1.82, 2.24) is 9.88 Å². The molecule has 1 atom stereocenters. The molecule has 2 N–H and O–H groups in total. The quantitative estimate of drug-likeness (QED) is 0.322. The topological polar surface area (TPSA) is 126 Å². The van der Waals surface area contributed by atoms with Gasteiger partial charge in [0.25, 0.3) is 5.56 Å². The number of urea groups is 1. The number of carboxylic acids is 1. The van der Waals surface area contributed by atoms with E-state index in [1.807, 2.05) is 44.2 Å². The van der Waals surface area contributed by atoms with Crippen molar-refractivity contribution in [3.63, 3.8) is 0 Å². The maximum absolute atomic E-state index is 12.5. The predicted octanol–water partition coefficient (Wildman–Crippen LogP) is -4.32. The first-order valence-corrected chi connectivity index (χ1v) is 10.4. The molecule has 1 heterocycles. The van der Waals surface area contributed by atoms with Crippen molar-refractivity contribution in [1.29, 1.82) is 0 Å². The molecular formula is C25H25N3Na2O5. The van der Waals surface area contributed by atoms with Crippen LogP contribution in [0.25, 0.3) is 0 Å². The van der Waals surface area contributed by atoms with Crippen molar-refractivity contribution in [3.05, 3.63) is 92.9 Å². The second kappa shape index (κ2) is 13.9. The molecule has 0 aliphatic rings. The van der Waals surface area contributed by atoms with Crippen LogP contribution in [0.1, 0.15) is 40.3 Å². The molecule has 8 nitrogen and oxygen atoms in total. The van der Waals surface area contributed by atoms with Gasteiger partial charge in [0, 0.05) is 25.6 Å². The normalized spacial score (nSPS) is 10.9. The van der Waals surface area contributed by atoms with Crippen LogP contribution in [-0.2, 0) is 18.3 Å². The van der Waals surface area contributed by atoms with Crippen LogP contribution in [0.15, 0.2) is 59.5 Å². The molecule has 0 aliphatic heterocycles. The molecule has 0 aliphatic carbocycles. The van der Waals surface area contributed by atoms with E-state index in [0.29, 0.717) is 12.0 Å². The van der Waals surface area contributed by atoms with Gasteiger partial charge in [-0.2, -0.15) is 0 Å². The number of aromatic nitrogens is 1. The van der Waals surface area contributed by atoms with Crippen molar-refractivity contribution in [2.75, 3.05) is 5.32 Å². The zero-order valence-corrected chi connectivity index (χ0v) is 24.7. The van der Waals surface area contributed by atoms with E-state index in [-0.39, 0.29) is 59.1 Å². The molecule has 35 heavy (non-hydrogen) atoms. The Kier molecular flexibility index (Phi) is 12.3. The standard InChI is InChI=1S/C25H27N3O5.2Na/c1-15-6-4-7-16(2)19(15)13-17-8-5-9-18(12-17)20(14-22(30)31)26-25(33)27-23-21(29)10-11-28(3)24(23)32;;/h4-12,20,29H,13-14H2,1-3H3,(H,30,31)(H2,26,27,33);;/q;2*+1/p-2/t20-;;/m0../s1. The van der Waals surface area contributed by atoms with Crippen LogP contribution in [0.3, 0.4) is 0 Å². The van der Waals surface area contributed by atoms with Gasteiger partial charge < -0.3 is 30.2 Å². The van der Waals surface area contributed by atoms with Crippen LogP contribution in [0, 0.1) is 13.8 Å². The monoisotopic (exact) mass is 493 g/mol. The zero-order chi connectivity index (χ0) is 24.1. The summed E-state index contributed by atoms with van der Waals surface area (Å²) in [6.07, 6.45) is 1.47. The van der Waals surface area contributed by atoms with Crippen LogP contribution in [0.4, 0.5) is 10.5 Å². The average molecular weight is 493 g/mol. The Labute approximate surface area is 248 Å². The Hall–Kier alpha value is -2.07. The van der Waals surface area contributed by atoms with Gasteiger partial charge in [-0.1, -0.05) is 54.3 Å². The van der Waals surface area contributed by atoms with E-state index in [2.05, 4.69) is 10.6 Å². The van der Waals surface area contributed by atoms with Crippen LogP contribution < -0.4 is 85.5 Å². The van der Waals surface area contributed by atoms with E-state index in [1.165, 1.54) is 18.8 Å². The Morgan fingerprint density at radius 2 is 1.66 bits per heavy atom. The molecule has 0 fully saturated rings. The molecular weight excluding hydrogens is 468 g/mol. The van der Waals surface area contributed by atoms with E-state index < -0.39 is 41.5 Å². The maximum atomic E-state index is 12.5. The third kappa shape index (κ3) is 8.24. The first-order valence-electron chi connectivity index (χ1n) is 10.4. The first kappa shape index (κ1) is 31.0. The Morgan fingerprint density at radius 1 is 1.03 bits per heavy atom. The summed E-state index contributed by atoms with van der Waals surface area (Å²) in [4.78, 5) is 36.0. The van der Waals surface area contributed by atoms with E-state index >= 15 is 0 Å². The molecule has 3 rings (SSSR count). The number of aryl methyl sites for hydroxylation is 3. The number of nitrogens with zero attached hydrogens (tertiary/aromatic N) is 1. The van der Waals surface area contributed by atoms with Gasteiger partial charge in [0.1, 0.15) is 5.69 Å². The van der Waals surface area contributed by atoms with Crippen LogP contribution >= 0.6 is 0 Å². The molecule has 10 heteroatoms. The van der Waals surface area contributed by atoms with E-state index in [0.717, 1.165) is 27.3 Å². The van der Waals surface area contributed by atoms with E-state index in [9.17, 15) is 24.6 Å². The summed E-state index contributed by atoms with van der Waals surface area (Å²) in [7, 11) is 1.45. The molecule has 2 aromatic carbocycles. The third-order valence-corrected chi connectivity index (χ3v) is 5.52. The molecule has 3 aromatic rings. The van der Waals surface area contributed by atoms with Crippen molar-refractivity contribution >= 4 is 17.7 Å². The average Bonchev–Trinajstić information content (AvgIpc) is 2.76. The zero-order valence-electron chi connectivity index (χ0n) is 20.7. The van der Waals surface area contributed by atoms with Crippen molar-refractivity contribution in [2.24, 2.45) is 7.05 Å². The summed E-state index contributed by atoms with van der Waals surface area (Å²) in [5.74, 6) is -1.99. The number of hydrogen-bond donors (Lipinski definition) is 2. The SMILES string of the molecule is Cc1cccc(C)c1Cc1cccc([C@H](CC(=O)[O-])NC(=O)Nc2c([O-])ccn(C)c2=O)c1.[Na+].[Na+]. The molecule has 2 amide bonds. The fourth-order valence-corrected chi connectivity index (χ4v) is 3.71. The summed E-state index contributed by atoms with van der Waals surface area (Å²) >= 11 is 0. The van der Waals surface area contributed by atoms with Gasteiger partial charge in [0.05, 0.1) is 6.04 Å². The van der Waals surface area contributed by atoms with Gasteiger partial charge in [0.2, 0.25) is 0 Å². The number of rotatable bonds is 7.